The molecule has 100 valence electrons. The van der Waals surface area contributed by atoms with Gasteiger partial charge in [-0.25, -0.2) is 9.48 Å². The third-order valence-corrected chi connectivity index (χ3v) is 3.01. The second-order valence-electron chi connectivity index (χ2n) is 4.31. The van der Waals surface area contributed by atoms with Crippen molar-refractivity contribution in [1.82, 2.24) is 9.78 Å². The normalized spacial score (nSPS) is 12.4. The van der Waals surface area contributed by atoms with E-state index >= 15 is 0 Å². The van der Waals surface area contributed by atoms with E-state index in [1.807, 2.05) is 19.1 Å². The Kier molecular flexibility index (Phi) is 3.64. The summed E-state index contributed by atoms with van der Waals surface area (Å²) < 4.78 is 6.12. The summed E-state index contributed by atoms with van der Waals surface area (Å²) in [6.07, 6.45) is 0. The summed E-state index contributed by atoms with van der Waals surface area (Å²) >= 11 is 0. The van der Waals surface area contributed by atoms with Crippen LogP contribution in [0.4, 0.5) is 0 Å². The minimum Gasteiger partial charge on any atom is -0.464 e. The summed E-state index contributed by atoms with van der Waals surface area (Å²) in [5.74, 6) is -0.452. The number of hydrogen-bond donors (Lipinski definition) is 0. The van der Waals surface area contributed by atoms with Gasteiger partial charge in [0.1, 0.15) is 0 Å². The van der Waals surface area contributed by atoms with Crippen molar-refractivity contribution in [3.05, 3.63) is 40.3 Å². The molecule has 0 saturated heterocycles. The molecule has 1 unspecified atom stereocenters. The highest BCUT2D eigenvalue weighted by Gasteiger charge is 2.20. The number of nitrogens with zero attached hydrogens (tertiary/aromatic N) is 2. The van der Waals surface area contributed by atoms with Gasteiger partial charge in [-0.1, -0.05) is 18.2 Å². The maximum atomic E-state index is 12.3. The molecule has 5 nitrogen and oxygen atoms in total. The quantitative estimate of drug-likeness (QED) is 0.790. The van der Waals surface area contributed by atoms with Crippen LogP contribution in [0.5, 0.6) is 0 Å². The summed E-state index contributed by atoms with van der Waals surface area (Å²) in [6, 6.07) is 6.51. The largest absolute Gasteiger partial charge is 0.464 e. The number of aromatic nitrogens is 2. The Morgan fingerprint density at radius 2 is 2.00 bits per heavy atom. The predicted octanol–water partition coefficient (Wildman–Crippen LogP) is 1.83. The van der Waals surface area contributed by atoms with Crippen LogP contribution < -0.4 is 5.56 Å². The molecule has 1 atom stereocenters. The number of aryl methyl sites for hydroxylation is 1. The maximum Gasteiger partial charge on any atom is 0.330 e. The van der Waals surface area contributed by atoms with E-state index in [-0.39, 0.29) is 12.2 Å². The van der Waals surface area contributed by atoms with Crippen molar-refractivity contribution in [2.24, 2.45) is 0 Å². The van der Waals surface area contributed by atoms with Gasteiger partial charge >= 0.3 is 5.97 Å². The van der Waals surface area contributed by atoms with Crippen molar-refractivity contribution >= 4 is 16.7 Å². The Hall–Kier alpha value is -2.17. The van der Waals surface area contributed by atoms with Gasteiger partial charge in [-0.2, -0.15) is 5.10 Å². The van der Waals surface area contributed by atoms with Crippen molar-refractivity contribution in [3.8, 4) is 0 Å². The number of ether oxygens (including phenoxy) is 1. The molecular weight excluding hydrogens is 244 g/mol. The van der Waals surface area contributed by atoms with Gasteiger partial charge in [0.15, 0.2) is 6.04 Å². The Bertz CT molecular complexity index is 676. The monoisotopic (exact) mass is 260 g/mol. The first-order chi connectivity index (χ1) is 9.06. The SMILES string of the molecule is CCOC(=O)C(C)n1nc(C)c2ccccc2c1=O. The van der Waals surface area contributed by atoms with Crippen LogP contribution in [0.2, 0.25) is 0 Å². The lowest BCUT2D eigenvalue weighted by molar-refractivity contribution is -0.147. The summed E-state index contributed by atoms with van der Waals surface area (Å²) in [5.41, 5.74) is 0.438. The maximum absolute atomic E-state index is 12.3. The van der Waals surface area contributed by atoms with Crippen LogP contribution in [0.3, 0.4) is 0 Å². The van der Waals surface area contributed by atoms with Crippen LogP contribution in [0, 0.1) is 6.92 Å². The van der Waals surface area contributed by atoms with Crippen LogP contribution >= 0.6 is 0 Å². The molecule has 0 aliphatic heterocycles. The van der Waals surface area contributed by atoms with Gasteiger partial charge in [0.25, 0.3) is 5.56 Å². The van der Waals surface area contributed by atoms with E-state index in [0.29, 0.717) is 11.1 Å². The Balaban J connectivity index is 2.59. The summed E-state index contributed by atoms with van der Waals surface area (Å²) in [7, 11) is 0. The number of carbonyl (C=O) groups is 1. The zero-order valence-electron chi connectivity index (χ0n) is 11.2. The van der Waals surface area contributed by atoms with Gasteiger partial charge in [0.05, 0.1) is 17.7 Å². The Morgan fingerprint density at radius 1 is 1.37 bits per heavy atom. The highest BCUT2D eigenvalue weighted by molar-refractivity contribution is 5.83. The van der Waals surface area contributed by atoms with Crippen molar-refractivity contribution in [3.63, 3.8) is 0 Å². The van der Waals surface area contributed by atoms with Crippen molar-refractivity contribution in [2.45, 2.75) is 26.8 Å². The standard InChI is InChI=1S/C14H16N2O3/c1-4-19-14(18)10(3)16-13(17)12-8-6-5-7-11(12)9(2)15-16/h5-8,10H,4H2,1-3H3. The van der Waals surface area contributed by atoms with E-state index in [1.165, 1.54) is 4.68 Å². The third-order valence-electron chi connectivity index (χ3n) is 3.01. The van der Waals surface area contributed by atoms with Gasteiger partial charge < -0.3 is 4.74 Å². The van der Waals surface area contributed by atoms with Crippen molar-refractivity contribution in [1.29, 1.82) is 0 Å². The molecule has 2 rings (SSSR count). The third kappa shape index (κ3) is 2.36. The van der Waals surface area contributed by atoms with Crippen molar-refractivity contribution < 1.29 is 9.53 Å². The molecule has 0 N–H and O–H groups in total. The second-order valence-corrected chi connectivity index (χ2v) is 4.31. The molecule has 1 aromatic carbocycles. The Morgan fingerprint density at radius 3 is 2.63 bits per heavy atom. The Labute approximate surface area is 110 Å². The zero-order chi connectivity index (χ0) is 14.0. The average Bonchev–Trinajstić information content (AvgIpc) is 2.42. The van der Waals surface area contributed by atoms with E-state index < -0.39 is 12.0 Å². The molecule has 0 aliphatic rings. The molecule has 1 aromatic heterocycles. The molecule has 0 fully saturated rings. The summed E-state index contributed by atoms with van der Waals surface area (Å²) in [5, 5.41) is 5.57. The number of fused-ring (bicyclic) bond motifs is 1. The first-order valence-corrected chi connectivity index (χ1v) is 6.21. The lowest BCUT2D eigenvalue weighted by Crippen LogP contribution is -2.32. The highest BCUT2D eigenvalue weighted by atomic mass is 16.5. The van der Waals surface area contributed by atoms with Crippen LogP contribution in [-0.2, 0) is 9.53 Å². The molecule has 0 bridgehead atoms. The van der Waals surface area contributed by atoms with E-state index in [0.717, 1.165) is 5.39 Å². The average molecular weight is 260 g/mol. The molecule has 0 radical (unpaired) electrons. The van der Waals surface area contributed by atoms with Gasteiger partial charge in [-0.05, 0) is 26.8 Å². The molecular formula is C14H16N2O3. The highest BCUT2D eigenvalue weighted by Crippen LogP contribution is 2.14. The lowest BCUT2D eigenvalue weighted by Gasteiger charge is -2.14. The van der Waals surface area contributed by atoms with Gasteiger partial charge in [-0.15, -0.1) is 0 Å². The minimum atomic E-state index is -0.726. The van der Waals surface area contributed by atoms with Crippen LogP contribution in [-0.4, -0.2) is 22.4 Å². The topological polar surface area (TPSA) is 61.2 Å². The van der Waals surface area contributed by atoms with E-state index in [1.54, 1.807) is 26.0 Å². The van der Waals surface area contributed by atoms with E-state index in [4.69, 9.17) is 4.74 Å². The molecule has 0 amide bonds. The van der Waals surface area contributed by atoms with E-state index in [2.05, 4.69) is 5.10 Å². The first-order valence-electron chi connectivity index (χ1n) is 6.21. The number of benzene rings is 1. The van der Waals surface area contributed by atoms with Gasteiger partial charge in [0.2, 0.25) is 0 Å². The minimum absolute atomic E-state index is 0.276. The fourth-order valence-electron chi connectivity index (χ4n) is 1.99. The summed E-state index contributed by atoms with van der Waals surface area (Å²) in [6.45, 7) is 5.44. The predicted molar refractivity (Wildman–Crippen MR) is 72.1 cm³/mol. The fourth-order valence-corrected chi connectivity index (χ4v) is 1.99. The molecule has 19 heavy (non-hydrogen) atoms. The van der Waals surface area contributed by atoms with Crippen LogP contribution in [0.25, 0.3) is 10.8 Å². The van der Waals surface area contributed by atoms with Gasteiger partial charge in [0, 0.05) is 5.39 Å². The zero-order valence-corrected chi connectivity index (χ0v) is 11.2. The number of rotatable bonds is 3. The molecule has 0 spiro atoms. The van der Waals surface area contributed by atoms with Gasteiger partial charge in [-0.3, -0.25) is 4.79 Å². The molecule has 5 heteroatoms. The molecule has 0 saturated carbocycles. The number of esters is 1. The number of hydrogen-bond acceptors (Lipinski definition) is 4. The summed E-state index contributed by atoms with van der Waals surface area (Å²) in [4.78, 5) is 24.0. The molecule has 0 aliphatic carbocycles. The van der Waals surface area contributed by atoms with Crippen molar-refractivity contribution in [2.75, 3.05) is 6.61 Å². The lowest BCUT2D eigenvalue weighted by atomic mass is 10.1. The molecule has 2 aromatic rings. The van der Waals surface area contributed by atoms with Crippen LogP contribution in [0.1, 0.15) is 25.6 Å². The molecule has 1 heterocycles. The first kappa shape index (κ1) is 13.3. The van der Waals surface area contributed by atoms with E-state index in [9.17, 15) is 9.59 Å². The van der Waals surface area contributed by atoms with Crippen LogP contribution in [0.15, 0.2) is 29.1 Å². The second kappa shape index (κ2) is 5.22. The smallest absolute Gasteiger partial charge is 0.330 e. The number of carbonyl (C=O) groups excluding carboxylic acids is 1. The fraction of sp³-hybridized carbons (Fsp3) is 0.357.